The number of sulfone groups is 1. The van der Waals surface area contributed by atoms with Crippen LogP contribution in [0.25, 0.3) is 0 Å². The molecule has 4 aromatic carbocycles. The number of hydrogen-bond acceptors (Lipinski definition) is 7. The first-order chi connectivity index (χ1) is 18.2. The third kappa shape index (κ3) is 9.01. The van der Waals surface area contributed by atoms with E-state index in [1.807, 2.05) is 24.3 Å². The maximum atomic E-state index is 12.3. The Bertz CT molecular complexity index is 1470. The molecule has 0 bridgehead atoms. The highest BCUT2D eigenvalue weighted by molar-refractivity contribution is 7.90. The monoisotopic (exact) mass is 570 g/mol. The predicted octanol–water partition coefficient (Wildman–Crippen LogP) is 6.06. The van der Waals surface area contributed by atoms with Crippen molar-refractivity contribution in [3.05, 3.63) is 124 Å². The van der Waals surface area contributed by atoms with Gasteiger partial charge in [0, 0.05) is 17.3 Å². The zero-order valence-electron chi connectivity index (χ0n) is 21.6. The third-order valence-electron chi connectivity index (χ3n) is 5.81. The van der Waals surface area contributed by atoms with Crippen molar-refractivity contribution < 1.29 is 22.8 Å². The van der Waals surface area contributed by atoms with E-state index in [-0.39, 0.29) is 28.6 Å². The van der Waals surface area contributed by atoms with Gasteiger partial charge in [-0.05, 0) is 66.4 Å². The standard InChI is InChI=1S/C15H17NO.C14H13NO5S.ClH/c1-17-14-9-10-15(16)13(11-14)8-7-12-5-3-2-4-6-12;1-20-12-7-8-14(15(16)17)11(9-12)10-21(18,19)13-5-3-2-4-6-13;/h2-6,9-11H,7-8,16H2,1H3;2-9H,10H2,1H3;1H. The number of nitrogen functional groups attached to an aromatic ring is 1. The summed E-state index contributed by atoms with van der Waals surface area (Å²) in [5, 5.41) is 11.0. The van der Waals surface area contributed by atoms with Crippen LogP contribution < -0.4 is 15.2 Å². The molecule has 0 radical (unpaired) electrons. The Morgan fingerprint density at radius 1 is 0.769 bits per heavy atom. The van der Waals surface area contributed by atoms with E-state index < -0.39 is 20.5 Å². The number of aryl methyl sites for hydroxylation is 2. The van der Waals surface area contributed by atoms with Crippen LogP contribution in [0.5, 0.6) is 11.5 Å². The summed E-state index contributed by atoms with van der Waals surface area (Å²) in [5.74, 6) is 0.783. The smallest absolute Gasteiger partial charge is 0.273 e. The lowest BCUT2D eigenvalue weighted by molar-refractivity contribution is -0.385. The first-order valence-electron chi connectivity index (χ1n) is 11.8. The van der Waals surface area contributed by atoms with Gasteiger partial charge in [-0.2, -0.15) is 0 Å². The first kappa shape index (κ1) is 31.1. The number of methoxy groups -OCH3 is 2. The lowest BCUT2D eigenvalue weighted by Crippen LogP contribution is -2.07. The van der Waals surface area contributed by atoms with Crippen LogP contribution in [0.15, 0.2) is 102 Å². The number of nitrogens with zero attached hydrogens (tertiary/aromatic N) is 1. The third-order valence-corrected chi connectivity index (χ3v) is 7.49. The van der Waals surface area contributed by atoms with Crippen LogP contribution >= 0.6 is 12.4 Å². The zero-order chi connectivity index (χ0) is 27.5. The van der Waals surface area contributed by atoms with Crippen molar-refractivity contribution in [3.8, 4) is 11.5 Å². The number of nitro groups is 1. The number of benzene rings is 4. The lowest BCUT2D eigenvalue weighted by atomic mass is 10.0. The summed E-state index contributed by atoms with van der Waals surface area (Å²) in [6.45, 7) is 0. The Hall–Kier alpha value is -4.08. The second-order valence-corrected chi connectivity index (χ2v) is 10.4. The fraction of sp³-hybridized carbons (Fsp3) is 0.172. The molecule has 39 heavy (non-hydrogen) atoms. The molecule has 8 nitrogen and oxygen atoms in total. The number of ether oxygens (including phenoxy) is 2. The van der Waals surface area contributed by atoms with Crippen LogP contribution in [0.3, 0.4) is 0 Å². The van der Waals surface area contributed by atoms with Gasteiger partial charge in [0.15, 0.2) is 9.84 Å². The van der Waals surface area contributed by atoms with Crippen molar-refractivity contribution in [1.82, 2.24) is 0 Å². The largest absolute Gasteiger partial charge is 0.497 e. The van der Waals surface area contributed by atoms with Gasteiger partial charge in [0.1, 0.15) is 11.5 Å². The van der Waals surface area contributed by atoms with E-state index >= 15 is 0 Å². The van der Waals surface area contributed by atoms with Crippen LogP contribution in [-0.2, 0) is 28.4 Å². The van der Waals surface area contributed by atoms with E-state index in [4.69, 9.17) is 15.2 Å². The van der Waals surface area contributed by atoms with Gasteiger partial charge in [-0.3, -0.25) is 10.1 Å². The average Bonchev–Trinajstić information content (AvgIpc) is 2.93. The van der Waals surface area contributed by atoms with Crippen LogP contribution in [0, 0.1) is 10.1 Å². The average molecular weight is 571 g/mol. The second kappa shape index (κ2) is 14.8. The predicted molar refractivity (Wildman–Crippen MR) is 155 cm³/mol. The minimum Gasteiger partial charge on any atom is -0.497 e. The molecule has 0 saturated heterocycles. The molecular formula is C29H31ClN2O6S. The molecule has 0 heterocycles. The van der Waals surface area contributed by atoms with Gasteiger partial charge in [0.05, 0.1) is 29.8 Å². The second-order valence-electron chi connectivity index (χ2n) is 8.37. The first-order valence-corrected chi connectivity index (χ1v) is 13.4. The fourth-order valence-corrected chi connectivity index (χ4v) is 5.13. The van der Waals surface area contributed by atoms with Gasteiger partial charge in [-0.15, -0.1) is 12.4 Å². The number of rotatable bonds is 9. The van der Waals surface area contributed by atoms with Crippen molar-refractivity contribution in [2.45, 2.75) is 23.5 Å². The van der Waals surface area contributed by atoms with Gasteiger partial charge < -0.3 is 15.2 Å². The normalized spacial score (nSPS) is 10.4. The Balaban J connectivity index is 0.000000272. The summed E-state index contributed by atoms with van der Waals surface area (Å²) >= 11 is 0. The molecule has 2 N–H and O–H groups in total. The zero-order valence-corrected chi connectivity index (χ0v) is 23.3. The van der Waals surface area contributed by atoms with E-state index in [0.29, 0.717) is 5.75 Å². The molecule has 206 valence electrons. The molecule has 0 aliphatic heterocycles. The Kier molecular flexibility index (Phi) is 11.8. The number of hydrogen-bond donors (Lipinski definition) is 1. The highest BCUT2D eigenvalue weighted by Gasteiger charge is 2.22. The fourth-order valence-electron chi connectivity index (χ4n) is 3.75. The van der Waals surface area contributed by atoms with Crippen LogP contribution in [0.2, 0.25) is 0 Å². The van der Waals surface area contributed by atoms with Gasteiger partial charge in [-0.1, -0.05) is 48.5 Å². The molecule has 0 fully saturated rings. The molecule has 0 unspecified atom stereocenters. The quantitative estimate of drug-likeness (QED) is 0.147. The highest BCUT2D eigenvalue weighted by Crippen LogP contribution is 2.28. The summed E-state index contributed by atoms with van der Waals surface area (Å²) in [7, 11) is -0.568. The van der Waals surface area contributed by atoms with Gasteiger partial charge >= 0.3 is 0 Å². The van der Waals surface area contributed by atoms with Crippen molar-refractivity contribution in [1.29, 1.82) is 0 Å². The molecule has 0 aromatic heterocycles. The minimum atomic E-state index is -3.65. The van der Waals surface area contributed by atoms with E-state index in [1.165, 1.54) is 43.0 Å². The molecule has 0 spiro atoms. The van der Waals surface area contributed by atoms with Gasteiger partial charge in [-0.25, -0.2) is 8.42 Å². The number of nitrogens with two attached hydrogens (primary N) is 1. The van der Waals surface area contributed by atoms with E-state index in [9.17, 15) is 18.5 Å². The summed E-state index contributed by atoms with van der Waals surface area (Å²) in [6, 6.07) is 28.1. The van der Waals surface area contributed by atoms with Crippen LogP contribution in [-0.4, -0.2) is 27.6 Å². The Morgan fingerprint density at radius 3 is 1.87 bits per heavy atom. The van der Waals surface area contributed by atoms with Crippen molar-refractivity contribution in [2.24, 2.45) is 0 Å². The van der Waals surface area contributed by atoms with E-state index in [2.05, 4.69) is 24.3 Å². The summed E-state index contributed by atoms with van der Waals surface area (Å²) < 4.78 is 34.8. The SMILES string of the molecule is COc1ccc(N)c(CCc2ccccc2)c1.COc1ccc([N+](=O)[O-])c(CS(=O)(=O)c2ccccc2)c1.Cl. The molecule has 4 aromatic rings. The molecule has 0 aliphatic carbocycles. The molecule has 0 saturated carbocycles. The summed E-state index contributed by atoms with van der Waals surface area (Å²) in [5.41, 5.74) is 9.12. The summed E-state index contributed by atoms with van der Waals surface area (Å²) in [6.07, 6.45) is 1.94. The van der Waals surface area contributed by atoms with Crippen LogP contribution in [0.1, 0.15) is 16.7 Å². The lowest BCUT2D eigenvalue weighted by Gasteiger charge is -2.08. The van der Waals surface area contributed by atoms with E-state index in [0.717, 1.165) is 29.8 Å². The van der Waals surface area contributed by atoms with Crippen molar-refractivity contribution >= 4 is 33.6 Å². The minimum absolute atomic E-state index is 0. The van der Waals surface area contributed by atoms with Crippen molar-refractivity contribution in [2.75, 3.05) is 20.0 Å². The summed E-state index contributed by atoms with van der Waals surface area (Å²) in [4.78, 5) is 10.5. The van der Waals surface area contributed by atoms with Gasteiger partial charge in [0.2, 0.25) is 0 Å². The molecule has 0 amide bonds. The Labute approximate surface area is 234 Å². The maximum absolute atomic E-state index is 12.3. The molecular weight excluding hydrogens is 540 g/mol. The molecule has 0 atom stereocenters. The number of nitro benzene ring substituents is 1. The van der Waals surface area contributed by atoms with Gasteiger partial charge in [0.25, 0.3) is 5.69 Å². The Morgan fingerprint density at radius 2 is 1.31 bits per heavy atom. The highest BCUT2D eigenvalue weighted by atomic mass is 35.5. The van der Waals surface area contributed by atoms with Crippen LogP contribution in [0.4, 0.5) is 11.4 Å². The number of halogens is 1. The van der Waals surface area contributed by atoms with E-state index in [1.54, 1.807) is 25.3 Å². The van der Waals surface area contributed by atoms with Crippen molar-refractivity contribution in [3.63, 3.8) is 0 Å². The topological polar surface area (TPSA) is 122 Å². The molecule has 0 aliphatic rings. The molecule has 4 rings (SSSR count). The molecule has 10 heteroatoms. The maximum Gasteiger partial charge on any atom is 0.273 e. The number of anilines is 1.